The van der Waals surface area contributed by atoms with Crippen molar-refractivity contribution < 1.29 is 19.1 Å². The lowest BCUT2D eigenvalue weighted by atomic mass is 10.2. The molecule has 2 rings (SSSR count). The lowest BCUT2D eigenvalue weighted by molar-refractivity contribution is -0.132. The minimum Gasteiger partial charge on any atom is -0.427 e. The number of benzene rings is 2. The van der Waals surface area contributed by atoms with Gasteiger partial charge in [0.2, 0.25) is 0 Å². The summed E-state index contributed by atoms with van der Waals surface area (Å²) in [5, 5.41) is 0. The highest BCUT2D eigenvalue weighted by atomic mass is 16.5. The lowest BCUT2D eigenvalue weighted by Crippen LogP contribution is -2.00. The Morgan fingerprint density at radius 3 is 1.14 bits per heavy atom. The van der Waals surface area contributed by atoms with E-state index in [-0.39, 0.29) is 11.9 Å². The zero-order valence-electron chi connectivity index (χ0n) is 13.3. The van der Waals surface area contributed by atoms with Gasteiger partial charge >= 0.3 is 11.9 Å². The molecule has 0 saturated carbocycles. The average Bonchev–Trinajstić information content (AvgIpc) is 2.44. The first-order valence-electron chi connectivity index (χ1n) is 6.87. The molecular weight excluding hydrogens is 280 g/mol. The Bertz CT molecular complexity index is 555. The predicted molar refractivity (Wildman–Crippen MR) is 85.0 cm³/mol. The third-order valence-corrected chi connectivity index (χ3v) is 2.57. The summed E-state index contributed by atoms with van der Waals surface area (Å²) in [5.41, 5.74) is 2.31. The molecule has 0 aliphatic carbocycles. The van der Waals surface area contributed by atoms with Crippen LogP contribution >= 0.6 is 0 Å². The Morgan fingerprint density at radius 1 is 0.636 bits per heavy atom. The summed E-state index contributed by atoms with van der Waals surface area (Å²) in [7, 11) is 0. The van der Waals surface area contributed by atoms with Gasteiger partial charge in [-0.15, -0.1) is 0 Å². The van der Waals surface area contributed by atoms with Crippen molar-refractivity contribution in [1.29, 1.82) is 0 Å². The molecule has 2 aromatic rings. The van der Waals surface area contributed by atoms with Crippen molar-refractivity contribution in [2.45, 2.75) is 27.7 Å². The van der Waals surface area contributed by atoms with Gasteiger partial charge in [-0.3, -0.25) is 9.59 Å². The number of esters is 2. The van der Waals surface area contributed by atoms with Crippen LogP contribution in [0.5, 0.6) is 11.5 Å². The second-order valence-electron chi connectivity index (χ2n) is 4.81. The molecule has 0 fully saturated rings. The molecule has 0 saturated heterocycles. The van der Waals surface area contributed by atoms with Crippen molar-refractivity contribution >= 4 is 11.9 Å². The molecular formula is C18H20O4. The molecule has 0 bridgehead atoms. The standard InChI is InChI=1S/2C9H10O2/c2*1-7-3-5-9(6-4-7)11-8(2)10/h2*3-6H,1-2H3. The highest BCUT2D eigenvalue weighted by Gasteiger charge is 1.95. The minimum absolute atomic E-state index is 0.283. The van der Waals surface area contributed by atoms with E-state index in [1.54, 1.807) is 24.3 Å². The fraction of sp³-hybridized carbons (Fsp3) is 0.222. The third-order valence-electron chi connectivity index (χ3n) is 2.57. The number of carbonyl (C=O) groups is 2. The van der Waals surface area contributed by atoms with E-state index in [4.69, 9.17) is 9.47 Å². The molecule has 4 nitrogen and oxygen atoms in total. The molecule has 0 amide bonds. The molecule has 0 spiro atoms. The van der Waals surface area contributed by atoms with Crippen molar-refractivity contribution in [1.82, 2.24) is 0 Å². The first-order valence-corrected chi connectivity index (χ1v) is 6.87. The first kappa shape index (κ1) is 17.4. The quantitative estimate of drug-likeness (QED) is 0.624. The topological polar surface area (TPSA) is 52.6 Å². The van der Waals surface area contributed by atoms with E-state index in [0.717, 1.165) is 11.1 Å². The molecule has 0 radical (unpaired) electrons. The number of rotatable bonds is 2. The number of hydrogen-bond donors (Lipinski definition) is 0. The molecule has 4 heteroatoms. The van der Waals surface area contributed by atoms with Crippen molar-refractivity contribution in [3.05, 3.63) is 59.7 Å². The monoisotopic (exact) mass is 300 g/mol. The molecule has 0 aromatic heterocycles. The maximum atomic E-state index is 10.5. The lowest BCUT2D eigenvalue weighted by Gasteiger charge is -1.99. The van der Waals surface area contributed by atoms with Crippen LogP contribution in [0.4, 0.5) is 0 Å². The summed E-state index contributed by atoms with van der Waals surface area (Å²) in [6.07, 6.45) is 0. The molecule has 0 aliphatic heterocycles. The molecule has 0 unspecified atom stereocenters. The zero-order chi connectivity index (χ0) is 16.5. The van der Waals surface area contributed by atoms with Gasteiger partial charge in [-0.05, 0) is 38.1 Å². The van der Waals surface area contributed by atoms with E-state index in [1.807, 2.05) is 38.1 Å². The van der Waals surface area contributed by atoms with Gasteiger partial charge in [-0.2, -0.15) is 0 Å². The van der Waals surface area contributed by atoms with Crippen LogP contribution in [0.2, 0.25) is 0 Å². The Morgan fingerprint density at radius 2 is 0.909 bits per heavy atom. The number of aryl methyl sites for hydroxylation is 2. The maximum Gasteiger partial charge on any atom is 0.308 e. The van der Waals surface area contributed by atoms with Gasteiger partial charge in [-0.1, -0.05) is 35.4 Å². The number of ether oxygens (including phenoxy) is 2. The molecule has 0 heterocycles. The number of carbonyl (C=O) groups excluding carboxylic acids is 2. The highest BCUT2D eigenvalue weighted by Crippen LogP contribution is 2.11. The van der Waals surface area contributed by atoms with E-state index >= 15 is 0 Å². The number of hydrogen-bond acceptors (Lipinski definition) is 4. The largest absolute Gasteiger partial charge is 0.427 e. The first-order chi connectivity index (χ1) is 10.4. The van der Waals surface area contributed by atoms with Crippen molar-refractivity contribution in [3.63, 3.8) is 0 Å². The summed E-state index contributed by atoms with van der Waals surface area (Å²) >= 11 is 0. The van der Waals surface area contributed by atoms with Crippen molar-refractivity contribution in [2.75, 3.05) is 0 Å². The summed E-state index contributed by atoms with van der Waals surface area (Å²) in [6.45, 7) is 6.74. The van der Waals surface area contributed by atoms with Crippen LogP contribution in [0.1, 0.15) is 25.0 Å². The van der Waals surface area contributed by atoms with E-state index in [2.05, 4.69) is 0 Å². The zero-order valence-corrected chi connectivity index (χ0v) is 13.3. The van der Waals surface area contributed by atoms with E-state index in [0.29, 0.717) is 11.5 Å². The average molecular weight is 300 g/mol. The van der Waals surface area contributed by atoms with Crippen LogP contribution in [0.3, 0.4) is 0 Å². The Kier molecular flexibility index (Phi) is 6.83. The summed E-state index contributed by atoms with van der Waals surface area (Å²) in [4.78, 5) is 21.0. The van der Waals surface area contributed by atoms with Crippen LogP contribution in [-0.4, -0.2) is 11.9 Å². The van der Waals surface area contributed by atoms with Crippen molar-refractivity contribution in [3.8, 4) is 11.5 Å². The van der Waals surface area contributed by atoms with Gasteiger partial charge in [0, 0.05) is 13.8 Å². The van der Waals surface area contributed by atoms with Gasteiger partial charge in [0.05, 0.1) is 0 Å². The smallest absolute Gasteiger partial charge is 0.308 e. The van der Waals surface area contributed by atoms with Crippen LogP contribution in [0, 0.1) is 13.8 Å². The summed E-state index contributed by atoms with van der Waals surface area (Å²) in [5.74, 6) is 0.633. The van der Waals surface area contributed by atoms with Crippen LogP contribution in [-0.2, 0) is 9.59 Å². The fourth-order valence-corrected chi connectivity index (χ4v) is 1.54. The summed E-state index contributed by atoms with van der Waals surface area (Å²) < 4.78 is 9.66. The van der Waals surface area contributed by atoms with E-state index in [9.17, 15) is 9.59 Å². The molecule has 22 heavy (non-hydrogen) atoms. The maximum absolute atomic E-state index is 10.5. The van der Waals surface area contributed by atoms with Gasteiger partial charge < -0.3 is 9.47 Å². The second-order valence-corrected chi connectivity index (χ2v) is 4.81. The second kappa shape index (κ2) is 8.62. The van der Waals surface area contributed by atoms with Crippen LogP contribution in [0.25, 0.3) is 0 Å². The Balaban J connectivity index is 0.000000220. The van der Waals surface area contributed by atoms with E-state index < -0.39 is 0 Å². The van der Waals surface area contributed by atoms with Gasteiger partial charge in [0.25, 0.3) is 0 Å². The fourth-order valence-electron chi connectivity index (χ4n) is 1.54. The van der Waals surface area contributed by atoms with Crippen LogP contribution < -0.4 is 9.47 Å². The van der Waals surface area contributed by atoms with Crippen LogP contribution in [0.15, 0.2) is 48.5 Å². The van der Waals surface area contributed by atoms with Gasteiger partial charge in [0.15, 0.2) is 0 Å². The minimum atomic E-state index is -0.283. The summed E-state index contributed by atoms with van der Waals surface area (Å²) in [6, 6.07) is 14.7. The molecule has 0 N–H and O–H groups in total. The third kappa shape index (κ3) is 7.24. The van der Waals surface area contributed by atoms with Crippen molar-refractivity contribution in [2.24, 2.45) is 0 Å². The predicted octanol–water partition coefficient (Wildman–Crippen LogP) is 3.84. The Labute approximate surface area is 130 Å². The molecule has 0 aliphatic rings. The highest BCUT2D eigenvalue weighted by molar-refractivity contribution is 5.69. The normalized spacial score (nSPS) is 9.27. The molecule has 2 aromatic carbocycles. The molecule has 0 atom stereocenters. The Hall–Kier alpha value is -2.62. The molecule has 116 valence electrons. The van der Waals surface area contributed by atoms with Gasteiger partial charge in [-0.25, -0.2) is 0 Å². The van der Waals surface area contributed by atoms with E-state index in [1.165, 1.54) is 13.8 Å². The van der Waals surface area contributed by atoms with Gasteiger partial charge in [0.1, 0.15) is 11.5 Å². The SMILES string of the molecule is CC(=O)Oc1ccc(C)cc1.CC(=O)Oc1ccc(C)cc1.